The van der Waals surface area contributed by atoms with Gasteiger partial charge in [0.2, 0.25) is 0 Å². The fraction of sp³-hybridized carbons (Fsp3) is 0.167. The lowest BCUT2D eigenvalue weighted by atomic mass is 10.2. The highest BCUT2D eigenvalue weighted by Crippen LogP contribution is 2.23. The van der Waals surface area contributed by atoms with Gasteiger partial charge >= 0.3 is 0 Å². The standard InChI is InChI=1S/C12H10N2O2S/c1-15-11-2-9(5-13)3-12(4-11)16-6-10-7-17-8-14-10/h2-4,7-8H,6H2,1H3. The third-order valence-corrected chi connectivity index (χ3v) is 2.75. The Bertz CT molecular complexity index is 532. The van der Waals surface area contributed by atoms with Crippen molar-refractivity contribution in [1.82, 2.24) is 4.98 Å². The first-order chi connectivity index (χ1) is 8.31. The molecule has 1 aromatic heterocycles. The molecule has 0 saturated heterocycles. The minimum absolute atomic E-state index is 0.390. The van der Waals surface area contributed by atoms with Crippen molar-refractivity contribution in [3.8, 4) is 17.6 Å². The Morgan fingerprint density at radius 1 is 1.35 bits per heavy atom. The number of hydrogen-bond acceptors (Lipinski definition) is 5. The highest BCUT2D eigenvalue weighted by atomic mass is 32.1. The summed E-state index contributed by atoms with van der Waals surface area (Å²) in [5, 5.41) is 10.8. The molecular weight excluding hydrogens is 236 g/mol. The zero-order valence-corrected chi connectivity index (χ0v) is 10.0. The summed E-state index contributed by atoms with van der Waals surface area (Å²) in [4.78, 5) is 4.11. The van der Waals surface area contributed by atoms with Crippen LogP contribution in [-0.2, 0) is 6.61 Å². The molecule has 0 amide bonds. The van der Waals surface area contributed by atoms with Gasteiger partial charge in [0.1, 0.15) is 18.1 Å². The lowest BCUT2D eigenvalue weighted by molar-refractivity contribution is 0.299. The average Bonchev–Trinajstić information content (AvgIpc) is 2.89. The molecule has 1 heterocycles. The fourth-order valence-electron chi connectivity index (χ4n) is 1.30. The summed E-state index contributed by atoms with van der Waals surface area (Å²) in [5.74, 6) is 1.21. The topological polar surface area (TPSA) is 55.1 Å². The van der Waals surface area contributed by atoms with Crippen LogP contribution in [0.5, 0.6) is 11.5 Å². The van der Waals surface area contributed by atoms with Gasteiger partial charge < -0.3 is 9.47 Å². The van der Waals surface area contributed by atoms with Gasteiger partial charge in [-0.1, -0.05) is 0 Å². The van der Waals surface area contributed by atoms with Gasteiger partial charge in [0.15, 0.2) is 0 Å². The number of ether oxygens (including phenoxy) is 2. The van der Waals surface area contributed by atoms with E-state index in [9.17, 15) is 0 Å². The van der Waals surface area contributed by atoms with E-state index in [1.54, 1.807) is 30.8 Å². The van der Waals surface area contributed by atoms with E-state index in [4.69, 9.17) is 14.7 Å². The normalized spacial score (nSPS) is 9.65. The molecule has 0 radical (unpaired) electrons. The molecule has 2 aromatic rings. The van der Waals surface area contributed by atoms with Crippen LogP contribution in [0.1, 0.15) is 11.3 Å². The molecule has 0 aliphatic carbocycles. The average molecular weight is 246 g/mol. The highest BCUT2D eigenvalue weighted by Gasteiger charge is 2.03. The van der Waals surface area contributed by atoms with Crippen LogP contribution in [0, 0.1) is 11.3 Å². The quantitative estimate of drug-likeness (QED) is 0.832. The molecule has 2 rings (SSSR count). The highest BCUT2D eigenvalue weighted by molar-refractivity contribution is 7.07. The molecule has 17 heavy (non-hydrogen) atoms. The van der Waals surface area contributed by atoms with Crippen LogP contribution >= 0.6 is 11.3 Å². The third kappa shape index (κ3) is 2.95. The molecule has 0 spiro atoms. The Morgan fingerprint density at radius 3 is 2.82 bits per heavy atom. The number of thiazole rings is 1. The van der Waals surface area contributed by atoms with Crippen LogP contribution in [0.2, 0.25) is 0 Å². The van der Waals surface area contributed by atoms with Crippen LogP contribution < -0.4 is 9.47 Å². The molecule has 0 aliphatic rings. The van der Waals surface area contributed by atoms with Crippen LogP contribution in [0.15, 0.2) is 29.1 Å². The lowest BCUT2D eigenvalue weighted by Crippen LogP contribution is -1.96. The van der Waals surface area contributed by atoms with Crippen molar-refractivity contribution in [1.29, 1.82) is 5.26 Å². The predicted octanol–water partition coefficient (Wildman–Crippen LogP) is 2.60. The summed E-state index contributed by atoms with van der Waals surface area (Å²) < 4.78 is 10.6. The molecule has 0 unspecified atom stereocenters. The number of aromatic nitrogens is 1. The van der Waals surface area contributed by atoms with Crippen LogP contribution in [-0.4, -0.2) is 12.1 Å². The SMILES string of the molecule is COc1cc(C#N)cc(OCc2cscn2)c1. The lowest BCUT2D eigenvalue weighted by Gasteiger charge is -2.07. The van der Waals surface area contributed by atoms with E-state index in [1.807, 2.05) is 5.38 Å². The van der Waals surface area contributed by atoms with E-state index in [0.717, 1.165) is 5.69 Å². The predicted molar refractivity (Wildman–Crippen MR) is 64.2 cm³/mol. The summed E-state index contributed by atoms with van der Waals surface area (Å²) >= 11 is 1.52. The second-order valence-electron chi connectivity index (χ2n) is 3.28. The van der Waals surface area contributed by atoms with Crippen LogP contribution in [0.3, 0.4) is 0 Å². The second kappa shape index (κ2) is 5.32. The summed E-state index contributed by atoms with van der Waals surface area (Å²) in [6, 6.07) is 7.14. The summed E-state index contributed by atoms with van der Waals surface area (Å²) in [7, 11) is 1.56. The van der Waals surface area contributed by atoms with Gasteiger partial charge in [-0.15, -0.1) is 11.3 Å². The summed E-state index contributed by atoms with van der Waals surface area (Å²) in [6.45, 7) is 0.390. The van der Waals surface area contributed by atoms with Crippen LogP contribution in [0.25, 0.3) is 0 Å². The number of methoxy groups -OCH3 is 1. The number of hydrogen-bond donors (Lipinski definition) is 0. The first-order valence-electron chi connectivity index (χ1n) is 4.91. The van der Waals surface area contributed by atoms with E-state index >= 15 is 0 Å². The van der Waals surface area contributed by atoms with Crippen molar-refractivity contribution < 1.29 is 9.47 Å². The number of benzene rings is 1. The van der Waals surface area contributed by atoms with Crippen molar-refractivity contribution >= 4 is 11.3 Å². The maximum Gasteiger partial charge on any atom is 0.131 e. The van der Waals surface area contributed by atoms with Crippen LogP contribution in [0.4, 0.5) is 0 Å². The zero-order chi connectivity index (χ0) is 12.1. The second-order valence-corrected chi connectivity index (χ2v) is 4.00. The van der Waals surface area contributed by atoms with Gasteiger partial charge in [-0.25, -0.2) is 4.98 Å². The molecule has 1 aromatic carbocycles. The van der Waals surface area contributed by atoms with Gasteiger partial charge in [0.25, 0.3) is 0 Å². The van der Waals surface area contributed by atoms with Crippen molar-refractivity contribution in [2.75, 3.05) is 7.11 Å². The fourth-order valence-corrected chi connectivity index (χ4v) is 1.85. The minimum Gasteiger partial charge on any atom is -0.497 e. The monoisotopic (exact) mass is 246 g/mol. The van der Waals surface area contributed by atoms with Crippen molar-refractivity contribution in [3.05, 3.63) is 40.3 Å². The summed E-state index contributed by atoms with van der Waals surface area (Å²) in [6.07, 6.45) is 0. The molecule has 0 saturated carbocycles. The largest absolute Gasteiger partial charge is 0.497 e. The minimum atomic E-state index is 0.390. The summed E-state index contributed by atoms with van der Waals surface area (Å²) in [5.41, 5.74) is 3.14. The molecule has 0 N–H and O–H groups in total. The van der Waals surface area contributed by atoms with E-state index < -0.39 is 0 Å². The van der Waals surface area contributed by atoms with Crippen molar-refractivity contribution in [2.24, 2.45) is 0 Å². The maximum atomic E-state index is 8.86. The van der Waals surface area contributed by atoms with Gasteiger partial charge in [-0.2, -0.15) is 5.26 Å². The third-order valence-electron chi connectivity index (χ3n) is 2.12. The smallest absolute Gasteiger partial charge is 0.131 e. The molecular formula is C12H10N2O2S. The molecule has 0 fully saturated rings. The van der Waals surface area contributed by atoms with Crippen molar-refractivity contribution in [3.63, 3.8) is 0 Å². The maximum absolute atomic E-state index is 8.86. The Hall–Kier alpha value is -2.06. The van der Waals surface area contributed by atoms with Gasteiger partial charge in [-0.3, -0.25) is 0 Å². The molecule has 4 nitrogen and oxygen atoms in total. The number of nitrogens with zero attached hydrogens (tertiary/aromatic N) is 2. The first kappa shape index (κ1) is 11.4. The van der Waals surface area contributed by atoms with Gasteiger partial charge in [0, 0.05) is 11.4 Å². The molecule has 86 valence electrons. The first-order valence-corrected chi connectivity index (χ1v) is 5.85. The van der Waals surface area contributed by atoms with Gasteiger partial charge in [0.05, 0.1) is 29.9 Å². The Kier molecular flexibility index (Phi) is 3.58. The Morgan fingerprint density at radius 2 is 2.18 bits per heavy atom. The van der Waals surface area contributed by atoms with E-state index in [-0.39, 0.29) is 0 Å². The van der Waals surface area contributed by atoms with E-state index in [0.29, 0.717) is 23.7 Å². The Balaban J connectivity index is 2.12. The van der Waals surface area contributed by atoms with E-state index in [2.05, 4.69) is 11.1 Å². The molecule has 0 aliphatic heterocycles. The number of nitriles is 1. The Labute approximate surface area is 103 Å². The molecule has 0 atom stereocenters. The van der Waals surface area contributed by atoms with Gasteiger partial charge in [-0.05, 0) is 12.1 Å². The zero-order valence-electron chi connectivity index (χ0n) is 9.21. The molecule has 5 heteroatoms. The van der Waals surface area contributed by atoms with E-state index in [1.165, 1.54) is 11.3 Å². The molecule has 0 bridgehead atoms. The number of rotatable bonds is 4. The van der Waals surface area contributed by atoms with Crippen molar-refractivity contribution in [2.45, 2.75) is 6.61 Å².